The fourth-order valence-electron chi connectivity index (χ4n) is 2.85. The molecule has 1 N–H and O–H groups in total. The number of nitrogens with zero attached hydrogens (tertiary/aromatic N) is 1. The highest BCUT2D eigenvalue weighted by atomic mass is 35.5. The molecule has 0 aliphatic heterocycles. The highest BCUT2D eigenvalue weighted by Gasteiger charge is 2.12. The van der Waals surface area contributed by atoms with Crippen LogP contribution in [-0.4, -0.2) is 20.1 Å². The summed E-state index contributed by atoms with van der Waals surface area (Å²) >= 11 is 6.14. The largest absolute Gasteiger partial charge is 0.497 e. The molecule has 0 heterocycles. The van der Waals surface area contributed by atoms with Crippen molar-refractivity contribution in [2.24, 2.45) is 0 Å². The Morgan fingerprint density at radius 1 is 1.03 bits per heavy atom. The van der Waals surface area contributed by atoms with E-state index in [-0.39, 0.29) is 5.57 Å². The second-order valence-electron chi connectivity index (χ2n) is 6.64. The molecule has 0 bridgehead atoms. The van der Waals surface area contributed by atoms with Crippen molar-refractivity contribution in [2.45, 2.75) is 6.61 Å². The van der Waals surface area contributed by atoms with Crippen LogP contribution in [0.2, 0.25) is 5.02 Å². The summed E-state index contributed by atoms with van der Waals surface area (Å²) < 4.78 is 16.2. The van der Waals surface area contributed by atoms with Crippen molar-refractivity contribution >= 4 is 29.3 Å². The van der Waals surface area contributed by atoms with Gasteiger partial charge in [-0.2, -0.15) is 5.26 Å². The smallest absolute Gasteiger partial charge is 0.266 e. The van der Waals surface area contributed by atoms with Gasteiger partial charge in [0.25, 0.3) is 5.91 Å². The van der Waals surface area contributed by atoms with E-state index in [1.165, 1.54) is 13.2 Å². The van der Waals surface area contributed by atoms with Gasteiger partial charge in [-0.15, -0.1) is 0 Å². The SMILES string of the molecule is COc1ccc(/C=C(\C#N)C(=O)Nc2ccc(OCc3ccccc3Cl)cc2)c(OC)c1. The lowest BCUT2D eigenvalue weighted by molar-refractivity contribution is -0.112. The van der Waals surface area contributed by atoms with Crippen LogP contribution < -0.4 is 19.5 Å². The first-order chi connectivity index (χ1) is 15.5. The maximum absolute atomic E-state index is 12.6. The number of anilines is 1. The molecule has 3 aromatic carbocycles. The lowest BCUT2D eigenvalue weighted by atomic mass is 10.1. The number of nitriles is 1. The maximum Gasteiger partial charge on any atom is 0.266 e. The fourth-order valence-corrected chi connectivity index (χ4v) is 3.04. The number of carbonyl (C=O) groups excluding carboxylic acids is 1. The normalized spacial score (nSPS) is 10.8. The van der Waals surface area contributed by atoms with E-state index in [0.29, 0.717) is 40.1 Å². The van der Waals surface area contributed by atoms with Crippen LogP contribution in [0.3, 0.4) is 0 Å². The van der Waals surface area contributed by atoms with Gasteiger partial charge in [-0.1, -0.05) is 29.8 Å². The van der Waals surface area contributed by atoms with Gasteiger partial charge in [-0.25, -0.2) is 0 Å². The zero-order chi connectivity index (χ0) is 22.9. The highest BCUT2D eigenvalue weighted by Crippen LogP contribution is 2.27. The first-order valence-corrected chi connectivity index (χ1v) is 10.0. The number of nitrogens with one attached hydrogen (secondary N) is 1. The van der Waals surface area contributed by atoms with Crippen LogP contribution >= 0.6 is 11.6 Å². The van der Waals surface area contributed by atoms with Crippen molar-refractivity contribution in [3.63, 3.8) is 0 Å². The predicted octanol–water partition coefficient (Wildman–Crippen LogP) is 5.48. The van der Waals surface area contributed by atoms with Crippen molar-refractivity contribution < 1.29 is 19.0 Å². The summed E-state index contributed by atoms with van der Waals surface area (Å²) in [4.78, 5) is 12.6. The molecule has 3 rings (SSSR count). The van der Waals surface area contributed by atoms with E-state index in [2.05, 4.69) is 5.32 Å². The monoisotopic (exact) mass is 448 g/mol. The number of amides is 1. The van der Waals surface area contributed by atoms with Crippen LogP contribution in [0, 0.1) is 11.3 Å². The minimum Gasteiger partial charge on any atom is -0.497 e. The summed E-state index contributed by atoms with van der Waals surface area (Å²) in [7, 11) is 3.05. The minimum atomic E-state index is -0.532. The molecule has 0 saturated carbocycles. The third-order valence-electron chi connectivity index (χ3n) is 4.57. The molecule has 0 aliphatic carbocycles. The van der Waals surface area contributed by atoms with Crippen molar-refractivity contribution in [1.29, 1.82) is 5.26 Å². The summed E-state index contributed by atoms with van der Waals surface area (Å²) in [5.74, 6) is 1.20. The Hall–Kier alpha value is -3.95. The summed E-state index contributed by atoms with van der Waals surface area (Å²) in [6.45, 7) is 0.330. The summed E-state index contributed by atoms with van der Waals surface area (Å²) in [6.07, 6.45) is 1.47. The van der Waals surface area contributed by atoms with Crippen LogP contribution in [0.5, 0.6) is 17.2 Å². The molecule has 6 nitrogen and oxygen atoms in total. The number of hydrogen-bond donors (Lipinski definition) is 1. The maximum atomic E-state index is 12.6. The third-order valence-corrected chi connectivity index (χ3v) is 4.94. The van der Waals surface area contributed by atoms with Gasteiger partial charge < -0.3 is 19.5 Å². The second-order valence-corrected chi connectivity index (χ2v) is 7.04. The molecule has 0 unspecified atom stereocenters. The second kappa shape index (κ2) is 10.9. The minimum absolute atomic E-state index is 0.0625. The van der Waals surface area contributed by atoms with E-state index < -0.39 is 5.91 Å². The summed E-state index contributed by atoms with van der Waals surface area (Å²) in [5, 5.41) is 12.8. The predicted molar refractivity (Wildman–Crippen MR) is 124 cm³/mol. The number of ether oxygens (including phenoxy) is 3. The van der Waals surface area contributed by atoms with Crippen LogP contribution in [0.4, 0.5) is 5.69 Å². The molecule has 3 aromatic rings. The standard InChI is InChI=1S/C25H21ClN2O4/c1-30-22-10-7-17(24(14-22)31-2)13-19(15-27)25(29)28-20-8-11-21(12-9-20)32-16-18-5-3-4-6-23(18)26/h3-14H,16H2,1-2H3,(H,28,29)/b19-13+. The molecule has 162 valence electrons. The Labute approximate surface area is 191 Å². The Bertz CT molecular complexity index is 1170. The molecule has 0 spiro atoms. The van der Waals surface area contributed by atoms with E-state index in [1.807, 2.05) is 24.3 Å². The topological polar surface area (TPSA) is 80.6 Å². The number of methoxy groups -OCH3 is 2. The van der Waals surface area contributed by atoms with E-state index in [4.69, 9.17) is 25.8 Å². The molecule has 32 heavy (non-hydrogen) atoms. The molecular weight excluding hydrogens is 428 g/mol. The van der Waals surface area contributed by atoms with Gasteiger partial charge in [-0.05, 0) is 48.5 Å². The molecular formula is C25H21ClN2O4. The summed E-state index contributed by atoms with van der Waals surface area (Å²) in [6, 6.07) is 21.4. The zero-order valence-electron chi connectivity index (χ0n) is 17.6. The van der Waals surface area contributed by atoms with Gasteiger partial charge in [0.15, 0.2) is 0 Å². The highest BCUT2D eigenvalue weighted by molar-refractivity contribution is 6.31. The van der Waals surface area contributed by atoms with Crippen LogP contribution in [0.1, 0.15) is 11.1 Å². The number of carbonyl (C=O) groups is 1. The Morgan fingerprint density at radius 3 is 2.41 bits per heavy atom. The van der Waals surface area contributed by atoms with Crippen molar-refractivity contribution in [3.8, 4) is 23.3 Å². The quantitative estimate of drug-likeness (QED) is 0.364. The molecule has 7 heteroatoms. The molecule has 0 aliphatic rings. The van der Waals surface area contributed by atoms with Crippen molar-refractivity contribution in [1.82, 2.24) is 0 Å². The first kappa shape index (κ1) is 22.7. The van der Waals surface area contributed by atoms with E-state index >= 15 is 0 Å². The number of halogens is 1. The van der Waals surface area contributed by atoms with E-state index in [0.717, 1.165) is 5.56 Å². The Morgan fingerprint density at radius 2 is 1.75 bits per heavy atom. The van der Waals surface area contributed by atoms with Gasteiger partial charge in [0.05, 0.1) is 14.2 Å². The first-order valence-electron chi connectivity index (χ1n) is 9.65. The van der Waals surface area contributed by atoms with E-state index in [1.54, 1.807) is 55.6 Å². The molecule has 1 amide bonds. The lowest BCUT2D eigenvalue weighted by Gasteiger charge is -2.10. The van der Waals surface area contributed by atoms with Crippen LogP contribution in [0.15, 0.2) is 72.3 Å². The van der Waals surface area contributed by atoms with Gasteiger partial charge in [0.1, 0.15) is 35.5 Å². The van der Waals surface area contributed by atoms with Gasteiger partial charge in [0, 0.05) is 27.9 Å². The van der Waals surface area contributed by atoms with Gasteiger partial charge in [0.2, 0.25) is 0 Å². The van der Waals surface area contributed by atoms with Gasteiger partial charge in [-0.3, -0.25) is 4.79 Å². The fraction of sp³-hybridized carbons (Fsp3) is 0.120. The van der Waals surface area contributed by atoms with Crippen LogP contribution in [0.25, 0.3) is 6.08 Å². The average molecular weight is 449 g/mol. The van der Waals surface area contributed by atoms with Crippen LogP contribution in [-0.2, 0) is 11.4 Å². The zero-order valence-corrected chi connectivity index (χ0v) is 18.3. The number of hydrogen-bond acceptors (Lipinski definition) is 5. The molecule has 0 radical (unpaired) electrons. The molecule has 0 aromatic heterocycles. The van der Waals surface area contributed by atoms with Gasteiger partial charge >= 0.3 is 0 Å². The number of rotatable bonds is 8. The number of benzene rings is 3. The molecule has 0 saturated heterocycles. The Kier molecular flexibility index (Phi) is 7.74. The molecule has 0 fully saturated rings. The lowest BCUT2D eigenvalue weighted by Crippen LogP contribution is -2.13. The van der Waals surface area contributed by atoms with Crippen molar-refractivity contribution in [3.05, 3.63) is 88.5 Å². The van der Waals surface area contributed by atoms with Crippen molar-refractivity contribution in [2.75, 3.05) is 19.5 Å². The Balaban J connectivity index is 1.67. The van der Waals surface area contributed by atoms with E-state index in [9.17, 15) is 10.1 Å². The third kappa shape index (κ3) is 5.81. The molecule has 0 atom stereocenters. The summed E-state index contributed by atoms with van der Waals surface area (Å²) in [5.41, 5.74) is 1.93. The average Bonchev–Trinajstić information content (AvgIpc) is 2.82.